The van der Waals surface area contributed by atoms with Gasteiger partial charge in [0.15, 0.2) is 0 Å². The summed E-state index contributed by atoms with van der Waals surface area (Å²) in [5, 5.41) is 5.76. The summed E-state index contributed by atoms with van der Waals surface area (Å²) in [6, 6.07) is 10.8. The molecule has 2 N–H and O–H groups in total. The van der Waals surface area contributed by atoms with Crippen molar-refractivity contribution in [2.45, 2.75) is 38.0 Å². The zero-order valence-electron chi connectivity index (χ0n) is 16.1. The minimum absolute atomic E-state index is 0.126. The first-order valence-electron chi connectivity index (χ1n) is 9.73. The van der Waals surface area contributed by atoms with Crippen molar-refractivity contribution in [3.8, 4) is 0 Å². The fourth-order valence-corrected chi connectivity index (χ4v) is 3.37. The van der Waals surface area contributed by atoms with E-state index in [9.17, 15) is 18.0 Å². The summed E-state index contributed by atoms with van der Waals surface area (Å²) in [7, 11) is 0. The Morgan fingerprint density at radius 2 is 1.83 bits per heavy atom. The highest BCUT2D eigenvalue weighted by atomic mass is 19.4. The Morgan fingerprint density at radius 1 is 1.10 bits per heavy atom. The van der Waals surface area contributed by atoms with Gasteiger partial charge in [0.1, 0.15) is 0 Å². The quantitative estimate of drug-likeness (QED) is 0.771. The summed E-state index contributed by atoms with van der Waals surface area (Å²) in [4.78, 5) is 18.7. The molecule has 29 heavy (non-hydrogen) atoms. The number of amides is 2. The van der Waals surface area contributed by atoms with E-state index in [2.05, 4.69) is 20.5 Å². The molecule has 1 aromatic carbocycles. The van der Waals surface area contributed by atoms with Gasteiger partial charge in [0.25, 0.3) is 0 Å². The maximum Gasteiger partial charge on any atom is 0.416 e. The molecule has 1 fully saturated rings. The van der Waals surface area contributed by atoms with Crippen LogP contribution in [0, 0.1) is 0 Å². The molecular weight excluding hydrogens is 381 g/mol. The SMILES string of the molecule is O=C(NCCc1ccc(C(F)(F)F)cc1)NC1CCN(Cc2ccccn2)CC1. The van der Waals surface area contributed by atoms with Crippen molar-refractivity contribution in [3.05, 3.63) is 65.5 Å². The molecule has 3 rings (SSSR count). The number of nitrogens with one attached hydrogen (secondary N) is 2. The number of pyridine rings is 1. The van der Waals surface area contributed by atoms with Crippen LogP contribution in [-0.2, 0) is 19.1 Å². The van der Waals surface area contributed by atoms with E-state index in [1.54, 1.807) is 6.20 Å². The molecule has 0 spiro atoms. The molecule has 0 radical (unpaired) electrons. The number of carbonyl (C=O) groups excluding carboxylic acids is 1. The summed E-state index contributed by atoms with van der Waals surface area (Å²) in [6.45, 7) is 2.97. The zero-order chi connectivity index (χ0) is 20.7. The molecule has 0 unspecified atom stereocenters. The molecule has 156 valence electrons. The Hall–Kier alpha value is -2.61. The summed E-state index contributed by atoms with van der Waals surface area (Å²) in [6.07, 6.45) is -0.311. The fourth-order valence-electron chi connectivity index (χ4n) is 3.37. The maximum absolute atomic E-state index is 12.6. The lowest BCUT2D eigenvalue weighted by Crippen LogP contribution is -2.48. The second kappa shape index (κ2) is 9.73. The standard InChI is InChI=1S/C21H25F3N4O/c22-21(23,24)17-6-4-16(5-7-17)8-12-26-20(29)27-18-9-13-28(14-10-18)15-19-3-1-2-11-25-19/h1-7,11,18H,8-10,12-15H2,(H2,26,27,29). The second-order valence-corrected chi connectivity index (χ2v) is 7.22. The predicted octanol–water partition coefficient (Wildman–Crippen LogP) is 3.61. The molecule has 0 aliphatic carbocycles. The van der Waals surface area contributed by atoms with E-state index in [4.69, 9.17) is 0 Å². The van der Waals surface area contributed by atoms with Crippen LogP contribution in [0.25, 0.3) is 0 Å². The highest BCUT2D eigenvalue weighted by Gasteiger charge is 2.29. The first kappa shape index (κ1) is 21.1. The summed E-state index contributed by atoms with van der Waals surface area (Å²) in [5.74, 6) is 0. The minimum atomic E-state index is -4.33. The van der Waals surface area contributed by atoms with Gasteiger partial charge in [-0.1, -0.05) is 18.2 Å². The molecular formula is C21H25F3N4O. The van der Waals surface area contributed by atoms with Gasteiger partial charge >= 0.3 is 12.2 Å². The van der Waals surface area contributed by atoms with Gasteiger partial charge in [-0.15, -0.1) is 0 Å². The molecule has 2 heterocycles. The Labute approximate surface area is 168 Å². The van der Waals surface area contributed by atoms with Crippen molar-refractivity contribution in [2.24, 2.45) is 0 Å². The number of alkyl halides is 3. The van der Waals surface area contributed by atoms with Crippen molar-refractivity contribution in [2.75, 3.05) is 19.6 Å². The predicted molar refractivity (Wildman–Crippen MR) is 104 cm³/mol. The first-order chi connectivity index (χ1) is 13.9. The third-order valence-corrected chi connectivity index (χ3v) is 5.02. The van der Waals surface area contributed by atoms with Crippen LogP contribution in [0.3, 0.4) is 0 Å². The van der Waals surface area contributed by atoms with E-state index in [1.807, 2.05) is 18.2 Å². The molecule has 0 atom stereocenters. The van der Waals surface area contributed by atoms with E-state index < -0.39 is 11.7 Å². The van der Waals surface area contributed by atoms with Crippen molar-refractivity contribution in [1.82, 2.24) is 20.5 Å². The van der Waals surface area contributed by atoms with Crippen LogP contribution in [0.2, 0.25) is 0 Å². The molecule has 2 aromatic rings. The smallest absolute Gasteiger partial charge is 0.338 e. The summed E-state index contributed by atoms with van der Waals surface area (Å²) >= 11 is 0. The Morgan fingerprint density at radius 3 is 2.45 bits per heavy atom. The number of aromatic nitrogens is 1. The molecule has 2 amide bonds. The van der Waals surface area contributed by atoms with Crippen molar-refractivity contribution >= 4 is 6.03 Å². The van der Waals surface area contributed by atoms with E-state index in [0.717, 1.165) is 55.9 Å². The number of rotatable bonds is 6. The van der Waals surface area contributed by atoms with Crippen LogP contribution in [0.4, 0.5) is 18.0 Å². The number of likely N-dealkylation sites (tertiary alicyclic amines) is 1. The average Bonchev–Trinajstić information content (AvgIpc) is 2.70. The van der Waals surface area contributed by atoms with Crippen LogP contribution in [0.1, 0.15) is 29.7 Å². The van der Waals surface area contributed by atoms with E-state index >= 15 is 0 Å². The number of urea groups is 1. The van der Waals surface area contributed by atoms with Crippen LogP contribution >= 0.6 is 0 Å². The summed E-state index contributed by atoms with van der Waals surface area (Å²) in [5.41, 5.74) is 1.13. The van der Waals surface area contributed by atoms with Crippen molar-refractivity contribution in [3.63, 3.8) is 0 Å². The molecule has 1 aliphatic heterocycles. The highest BCUT2D eigenvalue weighted by Crippen LogP contribution is 2.29. The number of piperidine rings is 1. The molecule has 1 aliphatic rings. The van der Waals surface area contributed by atoms with Gasteiger partial charge in [-0.3, -0.25) is 9.88 Å². The molecule has 1 aromatic heterocycles. The zero-order valence-corrected chi connectivity index (χ0v) is 16.1. The van der Waals surface area contributed by atoms with Gasteiger partial charge in [-0.25, -0.2) is 4.79 Å². The topological polar surface area (TPSA) is 57.3 Å². The van der Waals surface area contributed by atoms with Gasteiger partial charge in [-0.2, -0.15) is 13.2 Å². The Kier molecular flexibility index (Phi) is 7.09. The second-order valence-electron chi connectivity index (χ2n) is 7.22. The van der Waals surface area contributed by atoms with Crippen LogP contribution in [0.5, 0.6) is 0 Å². The van der Waals surface area contributed by atoms with Crippen LogP contribution < -0.4 is 10.6 Å². The molecule has 8 heteroatoms. The lowest BCUT2D eigenvalue weighted by Gasteiger charge is -2.32. The first-order valence-corrected chi connectivity index (χ1v) is 9.73. The third kappa shape index (κ3) is 6.74. The molecule has 0 bridgehead atoms. The number of halogens is 3. The minimum Gasteiger partial charge on any atom is -0.338 e. The number of nitrogens with zero attached hydrogens (tertiary/aromatic N) is 2. The fraction of sp³-hybridized carbons (Fsp3) is 0.429. The van der Waals surface area contributed by atoms with Gasteiger partial charge < -0.3 is 10.6 Å². The van der Waals surface area contributed by atoms with Crippen molar-refractivity contribution in [1.29, 1.82) is 0 Å². The third-order valence-electron chi connectivity index (χ3n) is 5.02. The van der Waals surface area contributed by atoms with Gasteiger partial charge in [0.2, 0.25) is 0 Å². The molecule has 0 saturated carbocycles. The highest BCUT2D eigenvalue weighted by molar-refractivity contribution is 5.74. The number of benzene rings is 1. The Bertz CT molecular complexity index is 773. The van der Waals surface area contributed by atoms with Crippen LogP contribution in [-0.4, -0.2) is 41.6 Å². The van der Waals surface area contributed by atoms with Crippen molar-refractivity contribution < 1.29 is 18.0 Å². The molecule has 5 nitrogen and oxygen atoms in total. The van der Waals surface area contributed by atoms with Gasteiger partial charge in [0.05, 0.1) is 11.3 Å². The van der Waals surface area contributed by atoms with Gasteiger partial charge in [0, 0.05) is 38.4 Å². The number of carbonyl (C=O) groups is 1. The number of hydrogen-bond donors (Lipinski definition) is 2. The van der Waals surface area contributed by atoms with E-state index in [0.29, 0.717) is 13.0 Å². The average molecular weight is 406 g/mol. The monoisotopic (exact) mass is 406 g/mol. The Balaban J connectivity index is 1.33. The van der Waals surface area contributed by atoms with Gasteiger partial charge in [-0.05, 0) is 49.1 Å². The molecule has 1 saturated heterocycles. The largest absolute Gasteiger partial charge is 0.416 e. The lowest BCUT2D eigenvalue weighted by atomic mass is 10.1. The lowest BCUT2D eigenvalue weighted by molar-refractivity contribution is -0.137. The maximum atomic E-state index is 12.6. The number of hydrogen-bond acceptors (Lipinski definition) is 3. The summed E-state index contributed by atoms with van der Waals surface area (Å²) < 4.78 is 37.7. The van der Waals surface area contributed by atoms with E-state index in [1.165, 1.54) is 12.1 Å². The normalized spacial score (nSPS) is 15.8. The van der Waals surface area contributed by atoms with Crippen LogP contribution in [0.15, 0.2) is 48.7 Å². The van der Waals surface area contributed by atoms with E-state index in [-0.39, 0.29) is 12.1 Å².